The first-order valence-electron chi connectivity index (χ1n) is 6.91. The van der Waals surface area contributed by atoms with Gasteiger partial charge < -0.3 is 10.4 Å². The molecule has 1 aliphatic carbocycles. The lowest BCUT2D eigenvalue weighted by atomic mass is 10.1. The van der Waals surface area contributed by atoms with Crippen molar-refractivity contribution < 1.29 is 9.50 Å². The van der Waals surface area contributed by atoms with Gasteiger partial charge in [-0.05, 0) is 43.5 Å². The highest BCUT2D eigenvalue weighted by atomic mass is 19.1. The van der Waals surface area contributed by atoms with E-state index in [0.717, 1.165) is 37.8 Å². The normalized spacial score (nSPS) is 24.8. The van der Waals surface area contributed by atoms with Gasteiger partial charge in [-0.15, -0.1) is 0 Å². The molecule has 0 bridgehead atoms. The summed E-state index contributed by atoms with van der Waals surface area (Å²) in [6.45, 7) is 0.841. The summed E-state index contributed by atoms with van der Waals surface area (Å²) >= 11 is 0. The highest BCUT2D eigenvalue weighted by Crippen LogP contribution is 2.18. The molecule has 0 saturated heterocycles. The second-order valence-electron chi connectivity index (χ2n) is 5.14. The van der Waals surface area contributed by atoms with Gasteiger partial charge in [-0.25, -0.2) is 4.39 Å². The van der Waals surface area contributed by atoms with Crippen molar-refractivity contribution in [3.63, 3.8) is 0 Å². The van der Waals surface area contributed by atoms with Crippen LogP contribution in [0.25, 0.3) is 0 Å². The van der Waals surface area contributed by atoms with Gasteiger partial charge in [0.15, 0.2) is 0 Å². The number of hydrogen-bond acceptors (Lipinski definition) is 2. The summed E-state index contributed by atoms with van der Waals surface area (Å²) in [5, 5.41) is 13.4. The molecule has 0 aliphatic heterocycles. The van der Waals surface area contributed by atoms with Gasteiger partial charge in [0.25, 0.3) is 0 Å². The molecular weight excluding hydrogens is 229 g/mol. The lowest BCUT2D eigenvalue weighted by molar-refractivity contribution is 0.120. The third-order valence-electron chi connectivity index (χ3n) is 3.71. The standard InChI is InChI=1S/C15H22FNO/c16-13-8-6-12(7-9-13)10-11-17-14-4-2-1-3-5-15(14)18/h6-9,14-15,17-18H,1-5,10-11H2. The SMILES string of the molecule is OC1CCCCCC1NCCc1ccc(F)cc1. The third kappa shape index (κ3) is 4.07. The van der Waals surface area contributed by atoms with Gasteiger partial charge in [-0.2, -0.15) is 0 Å². The molecule has 1 fully saturated rings. The summed E-state index contributed by atoms with van der Waals surface area (Å²) in [7, 11) is 0. The van der Waals surface area contributed by atoms with Crippen LogP contribution in [-0.4, -0.2) is 23.8 Å². The Kier molecular flexibility index (Phi) is 5.14. The number of hydrogen-bond donors (Lipinski definition) is 2. The molecule has 1 aromatic carbocycles. The van der Waals surface area contributed by atoms with E-state index in [-0.39, 0.29) is 18.0 Å². The molecule has 1 aliphatic rings. The van der Waals surface area contributed by atoms with E-state index in [4.69, 9.17) is 0 Å². The van der Waals surface area contributed by atoms with Crippen LogP contribution >= 0.6 is 0 Å². The highest BCUT2D eigenvalue weighted by molar-refractivity contribution is 5.16. The Labute approximate surface area is 108 Å². The molecule has 3 heteroatoms. The van der Waals surface area contributed by atoms with E-state index in [1.165, 1.54) is 25.0 Å². The van der Waals surface area contributed by atoms with E-state index in [0.29, 0.717) is 0 Å². The number of aliphatic hydroxyl groups is 1. The van der Waals surface area contributed by atoms with E-state index in [9.17, 15) is 9.50 Å². The smallest absolute Gasteiger partial charge is 0.123 e. The van der Waals surface area contributed by atoms with Crippen LogP contribution in [-0.2, 0) is 6.42 Å². The second-order valence-corrected chi connectivity index (χ2v) is 5.14. The van der Waals surface area contributed by atoms with E-state index < -0.39 is 0 Å². The van der Waals surface area contributed by atoms with Crippen LogP contribution in [0.4, 0.5) is 4.39 Å². The van der Waals surface area contributed by atoms with Crippen LogP contribution < -0.4 is 5.32 Å². The number of rotatable bonds is 4. The van der Waals surface area contributed by atoms with Gasteiger partial charge in [-0.1, -0.05) is 31.4 Å². The van der Waals surface area contributed by atoms with Crippen LogP contribution in [0.1, 0.15) is 37.7 Å². The summed E-state index contributed by atoms with van der Waals surface area (Å²) in [5.41, 5.74) is 1.13. The number of nitrogens with one attached hydrogen (secondary N) is 1. The van der Waals surface area contributed by atoms with Crippen molar-refractivity contribution in [1.82, 2.24) is 5.32 Å². The fraction of sp³-hybridized carbons (Fsp3) is 0.600. The maximum Gasteiger partial charge on any atom is 0.123 e. The molecule has 0 heterocycles. The number of halogens is 1. The summed E-state index contributed by atoms with van der Waals surface area (Å²) in [6, 6.07) is 6.86. The summed E-state index contributed by atoms with van der Waals surface area (Å²) in [4.78, 5) is 0. The zero-order valence-corrected chi connectivity index (χ0v) is 10.7. The fourth-order valence-electron chi connectivity index (χ4n) is 2.58. The Bertz CT molecular complexity index is 352. The zero-order valence-electron chi connectivity index (χ0n) is 10.7. The minimum Gasteiger partial charge on any atom is -0.392 e. The first-order valence-corrected chi connectivity index (χ1v) is 6.91. The Morgan fingerprint density at radius 2 is 1.83 bits per heavy atom. The Morgan fingerprint density at radius 1 is 1.11 bits per heavy atom. The van der Waals surface area contributed by atoms with Gasteiger partial charge in [0.1, 0.15) is 5.82 Å². The predicted molar refractivity (Wildman–Crippen MR) is 71.0 cm³/mol. The van der Waals surface area contributed by atoms with Crippen molar-refractivity contribution in [3.8, 4) is 0 Å². The number of aliphatic hydroxyl groups excluding tert-OH is 1. The lowest BCUT2D eigenvalue weighted by Gasteiger charge is -2.21. The van der Waals surface area contributed by atoms with Crippen molar-refractivity contribution in [3.05, 3.63) is 35.6 Å². The van der Waals surface area contributed by atoms with E-state index in [2.05, 4.69) is 5.32 Å². The fourth-order valence-corrected chi connectivity index (χ4v) is 2.58. The lowest BCUT2D eigenvalue weighted by Crippen LogP contribution is -2.40. The largest absolute Gasteiger partial charge is 0.392 e. The molecular formula is C15H22FNO. The molecule has 0 amide bonds. The highest BCUT2D eigenvalue weighted by Gasteiger charge is 2.20. The zero-order chi connectivity index (χ0) is 12.8. The van der Waals surface area contributed by atoms with E-state index in [1.807, 2.05) is 12.1 Å². The summed E-state index contributed by atoms with van der Waals surface area (Å²) in [5.74, 6) is -0.189. The van der Waals surface area contributed by atoms with Gasteiger partial charge >= 0.3 is 0 Å². The summed E-state index contributed by atoms with van der Waals surface area (Å²) < 4.78 is 12.7. The Hall–Kier alpha value is -0.930. The molecule has 2 N–H and O–H groups in total. The maximum absolute atomic E-state index is 12.7. The van der Waals surface area contributed by atoms with Gasteiger partial charge in [0.2, 0.25) is 0 Å². The molecule has 2 atom stereocenters. The van der Waals surface area contributed by atoms with Gasteiger partial charge in [-0.3, -0.25) is 0 Å². The molecule has 1 aromatic rings. The van der Waals surface area contributed by atoms with Gasteiger partial charge in [0.05, 0.1) is 6.10 Å². The van der Waals surface area contributed by atoms with Crippen LogP contribution in [0.5, 0.6) is 0 Å². The first-order chi connectivity index (χ1) is 8.75. The van der Waals surface area contributed by atoms with Crippen LogP contribution in [0.15, 0.2) is 24.3 Å². The molecule has 0 radical (unpaired) electrons. The Balaban J connectivity index is 1.75. The van der Waals surface area contributed by atoms with Crippen LogP contribution in [0.2, 0.25) is 0 Å². The third-order valence-corrected chi connectivity index (χ3v) is 3.71. The van der Waals surface area contributed by atoms with Crippen molar-refractivity contribution in [2.75, 3.05) is 6.54 Å². The molecule has 0 aromatic heterocycles. The molecule has 2 rings (SSSR count). The van der Waals surface area contributed by atoms with Crippen LogP contribution in [0, 0.1) is 5.82 Å². The minimum absolute atomic E-state index is 0.189. The molecule has 0 spiro atoms. The topological polar surface area (TPSA) is 32.3 Å². The maximum atomic E-state index is 12.7. The van der Waals surface area contributed by atoms with Crippen molar-refractivity contribution >= 4 is 0 Å². The predicted octanol–water partition coefficient (Wildman–Crippen LogP) is 2.65. The van der Waals surface area contributed by atoms with E-state index >= 15 is 0 Å². The molecule has 2 nitrogen and oxygen atoms in total. The van der Waals surface area contributed by atoms with Crippen LogP contribution in [0.3, 0.4) is 0 Å². The van der Waals surface area contributed by atoms with Crippen molar-refractivity contribution in [2.24, 2.45) is 0 Å². The quantitative estimate of drug-likeness (QED) is 0.806. The summed E-state index contributed by atoms with van der Waals surface area (Å²) in [6.07, 6.45) is 6.21. The molecule has 1 saturated carbocycles. The van der Waals surface area contributed by atoms with E-state index in [1.54, 1.807) is 0 Å². The average molecular weight is 251 g/mol. The molecule has 18 heavy (non-hydrogen) atoms. The molecule has 100 valence electrons. The van der Waals surface area contributed by atoms with Crippen molar-refractivity contribution in [1.29, 1.82) is 0 Å². The average Bonchev–Trinajstić information content (AvgIpc) is 2.57. The first kappa shape index (κ1) is 13.5. The monoisotopic (exact) mass is 251 g/mol. The second kappa shape index (κ2) is 6.86. The number of benzene rings is 1. The minimum atomic E-state index is -0.208. The van der Waals surface area contributed by atoms with Crippen molar-refractivity contribution in [2.45, 2.75) is 50.7 Å². The Morgan fingerprint density at radius 3 is 2.61 bits per heavy atom. The van der Waals surface area contributed by atoms with Gasteiger partial charge in [0, 0.05) is 6.04 Å². The molecule has 2 unspecified atom stereocenters.